The molecule has 1 saturated heterocycles. The maximum atomic E-state index is 6.12. The average molecular weight is 410 g/mol. The van der Waals surface area contributed by atoms with Crippen molar-refractivity contribution in [1.29, 1.82) is 0 Å². The first kappa shape index (κ1) is 19.4. The van der Waals surface area contributed by atoms with Crippen LogP contribution in [0.1, 0.15) is 11.4 Å². The molecule has 0 atom stereocenters. The minimum atomic E-state index is 0.239. The van der Waals surface area contributed by atoms with Crippen molar-refractivity contribution in [3.05, 3.63) is 71.0 Å². The first-order chi connectivity index (χ1) is 14.2. The van der Waals surface area contributed by atoms with E-state index >= 15 is 0 Å². The van der Waals surface area contributed by atoms with Crippen LogP contribution in [-0.2, 0) is 13.1 Å². The van der Waals surface area contributed by atoms with E-state index in [1.54, 1.807) is 0 Å². The molecule has 4 rings (SSSR count). The second-order valence-electron chi connectivity index (χ2n) is 7.02. The number of nitrogens with zero attached hydrogens (tertiary/aromatic N) is 5. The summed E-state index contributed by atoms with van der Waals surface area (Å²) in [5.74, 6) is 1.43. The summed E-state index contributed by atoms with van der Waals surface area (Å²) < 4.78 is 0. The van der Waals surface area contributed by atoms with Crippen molar-refractivity contribution in [3.63, 3.8) is 0 Å². The van der Waals surface area contributed by atoms with Gasteiger partial charge >= 0.3 is 0 Å². The summed E-state index contributed by atoms with van der Waals surface area (Å²) in [6, 6.07) is 18.1. The van der Waals surface area contributed by atoms with Gasteiger partial charge in [-0.05, 0) is 23.8 Å². The molecule has 0 saturated carbocycles. The van der Waals surface area contributed by atoms with E-state index in [9.17, 15) is 0 Å². The first-order valence-corrected chi connectivity index (χ1v) is 10.0. The number of hydrogen-bond donors (Lipinski definition) is 2. The van der Waals surface area contributed by atoms with E-state index in [0.717, 1.165) is 42.5 Å². The van der Waals surface area contributed by atoms with Gasteiger partial charge in [0, 0.05) is 43.4 Å². The third-order valence-electron chi connectivity index (χ3n) is 4.90. The smallest absolute Gasteiger partial charge is 0.228 e. The second-order valence-corrected chi connectivity index (χ2v) is 7.45. The molecular weight excluding hydrogens is 386 g/mol. The van der Waals surface area contributed by atoms with Gasteiger partial charge < -0.3 is 16.0 Å². The number of benzene rings is 2. The quantitative estimate of drug-likeness (QED) is 0.647. The molecule has 3 N–H and O–H groups in total. The fraction of sp³-hybridized carbons (Fsp3) is 0.286. The first-order valence-electron chi connectivity index (χ1n) is 9.67. The summed E-state index contributed by atoms with van der Waals surface area (Å²) in [7, 11) is 0. The molecule has 0 unspecified atom stereocenters. The van der Waals surface area contributed by atoms with Crippen LogP contribution in [0.4, 0.5) is 17.6 Å². The molecule has 0 spiro atoms. The number of aromatic nitrogens is 3. The highest BCUT2D eigenvalue weighted by Gasteiger charge is 2.19. The van der Waals surface area contributed by atoms with Gasteiger partial charge in [0.1, 0.15) is 5.82 Å². The highest BCUT2D eigenvalue weighted by molar-refractivity contribution is 6.30. The number of halogens is 1. The zero-order chi connectivity index (χ0) is 20.1. The predicted molar refractivity (Wildman–Crippen MR) is 117 cm³/mol. The maximum absolute atomic E-state index is 6.12. The van der Waals surface area contributed by atoms with Gasteiger partial charge in [0.2, 0.25) is 11.9 Å². The summed E-state index contributed by atoms with van der Waals surface area (Å²) in [6.07, 6.45) is 0. The van der Waals surface area contributed by atoms with Gasteiger partial charge in [-0.25, -0.2) is 0 Å². The van der Waals surface area contributed by atoms with Crippen LogP contribution >= 0.6 is 11.6 Å². The molecule has 1 aromatic heterocycles. The van der Waals surface area contributed by atoms with Gasteiger partial charge in [0.15, 0.2) is 0 Å². The van der Waals surface area contributed by atoms with Crippen molar-refractivity contribution in [2.24, 2.45) is 0 Å². The normalized spacial score (nSPS) is 14.7. The van der Waals surface area contributed by atoms with Gasteiger partial charge in [0.25, 0.3) is 0 Å². The van der Waals surface area contributed by atoms with Gasteiger partial charge in [-0.3, -0.25) is 4.90 Å². The van der Waals surface area contributed by atoms with Crippen molar-refractivity contribution in [2.75, 3.05) is 42.1 Å². The molecule has 3 aromatic rings. The number of anilines is 3. The Morgan fingerprint density at radius 1 is 0.931 bits per heavy atom. The van der Waals surface area contributed by atoms with Crippen molar-refractivity contribution in [2.45, 2.75) is 13.1 Å². The molecule has 0 radical (unpaired) electrons. The van der Waals surface area contributed by atoms with Gasteiger partial charge in [-0.1, -0.05) is 48.0 Å². The molecule has 8 heteroatoms. The van der Waals surface area contributed by atoms with Crippen LogP contribution in [0.2, 0.25) is 5.02 Å². The van der Waals surface area contributed by atoms with Crippen LogP contribution in [0.5, 0.6) is 0 Å². The number of piperazine rings is 1. The van der Waals surface area contributed by atoms with Gasteiger partial charge in [0.05, 0.1) is 6.54 Å². The molecular formula is C21H24ClN7. The molecule has 2 heterocycles. The molecule has 1 aliphatic heterocycles. The van der Waals surface area contributed by atoms with Crippen LogP contribution in [0.25, 0.3) is 0 Å². The van der Waals surface area contributed by atoms with Crippen molar-refractivity contribution < 1.29 is 0 Å². The topological polar surface area (TPSA) is 83.2 Å². The molecule has 1 aliphatic rings. The lowest BCUT2D eigenvalue weighted by atomic mass is 10.2. The highest BCUT2D eigenvalue weighted by Crippen LogP contribution is 2.21. The largest absolute Gasteiger partial charge is 0.369 e. The number of nitrogens with two attached hydrogens (primary N) is 1. The Morgan fingerprint density at radius 2 is 1.72 bits per heavy atom. The monoisotopic (exact) mass is 409 g/mol. The van der Waals surface area contributed by atoms with Crippen LogP contribution in [-0.4, -0.2) is 46.0 Å². The number of rotatable bonds is 6. The van der Waals surface area contributed by atoms with E-state index in [4.69, 9.17) is 17.3 Å². The highest BCUT2D eigenvalue weighted by atomic mass is 35.5. The van der Waals surface area contributed by atoms with Crippen molar-refractivity contribution >= 4 is 29.2 Å². The van der Waals surface area contributed by atoms with E-state index in [1.807, 2.05) is 36.4 Å². The Bertz CT molecular complexity index is 943. The van der Waals surface area contributed by atoms with Gasteiger partial charge in [-0.15, -0.1) is 0 Å². The summed E-state index contributed by atoms with van der Waals surface area (Å²) in [6.45, 7) is 4.99. The third kappa shape index (κ3) is 5.34. The van der Waals surface area contributed by atoms with E-state index in [-0.39, 0.29) is 5.95 Å². The van der Waals surface area contributed by atoms with E-state index in [2.05, 4.69) is 48.3 Å². The zero-order valence-corrected chi connectivity index (χ0v) is 16.9. The van der Waals surface area contributed by atoms with Crippen molar-refractivity contribution in [3.8, 4) is 0 Å². The molecule has 2 aromatic carbocycles. The van der Waals surface area contributed by atoms with Crippen LogP contribution in [0.15, 0.2) is 54.6 Å². The van der Waals surface area contributed by atoms with Crippen LogP contribution in [0, 0.1) is 0 Å². The second kappa shape index (κ2) is 9.07. The summed E-state index contributed by atoms with van der Waals surface area (Å²) in [4.78, 5) is 17.7. The van der Waals surface area contributed by atoms with E-state index in [1.165, 1.54) is 0 Å². The minimum Gasteiger partial charge on any atom is -0.369 e. The average Bonchev–Trinajstić information content (AvgIpc) is 2.73. The Balaban J connectivity index is 1.34. The molecule has 0 amide bonds. The number of nitrogen functional groups attached to an aromatic ring is 1. The summed E-state index contributed by atoms with van der Waals surface area (Å²) >= 11 is 6.12. The molecule has 7 nitrogen and oxygen atoms in total. The van der Waals surface area contributed by atoms with Gasteiger partial charge in [-0.2, -0.15) is 15.0 Å². The van der Waals surface area contributed by atoms with E-state index < -0.39 is 0 Å². The lowest BCUT2D eigenvalue weighted by Gasteiger charge is -2.35. The fourth-order valence-electron chi connectivity index (χ4n) is 3.40. The Morgan fingerprint density at radius 3 is 2.48 bits per heavy atom. The number of hydrogen-bond acceptors (Lipinski definition) is 7. The lowest BCUT2D eigenvalue weighted by Crippen LogP contribution is -2.46. The number of nitrogens with one attached hydrogen (secondary N) is 1. The zero-order valence-electron chi connectivity index (χ0n) is 16.1. The van der Waals surface area contributed by atoms with Crippen LogP contribution < -0.4 is 16.0 Å². The SMILES string of the molecule is Nc1nc(CN2CCN(c3cccc(Cl)c3)CC2)nc(NCc2ccccc2)n1. The lowest BCUT2D eigenvalue weighted by molar-refractivity contribution is 0.244. The summed E-state index contributed by atoms with van der Waals surface area (Å²) in [5.41, 5.74) is 8.22. The molecule has 29 heavy (non-hydrogen) atoms. The maximum Gasteiger partial charge on any atom is 0.228 e. The minimum absolute atomic E-state index is 0.239. The third-order valence-corrected chi connectivity index (χ3v) is 5.14. The predicted octanol–water partition coefficient (Wildman–Crippen LogP) is 3.04. The van der Waals surface area contributed by atoms with Crippen molar-refractivity contribution in [1.82, 2.24) is 19.9 Å². The standard InChI is InChI=1S/C21H24ClN7/c22-17-7-4-8-18(13-17)29-11-9-28(10-12-29)15-19-25-20(23)27-21(26-19)24-14-16-5-2-1-3-6-16/h1-8,13H,9-12,14-15H2,(H3,23,24,25,26,27). The molecule has 0 bridgehead atoms. The Labute approximate surface area is 175 Å². The Hall–Kier alpha value is -2.90. The molecule has 150 valence electrons. The molecule has 0 aliphatic carbocycles. The molecule has 1 fully saturated rings. The van der Waals surface area contributed by atoms with E-state index in [0.29, 0.717) is 24.9 Å². The van der Waals surface area contributed by atoms with Crippen LogP contribution in [0.3, 0.4) is 0 Å². The fourth-order valence-corrected chi connectivity index (χ4v) is 3.59. The summed E-state index contributed by atoms with van der Waals surface area (Å²) in [5, 5.41) is 4.00. The Kier molecular flexibility index (Phi) is 6.07.